The largest absolute Gasteiger partial charge is 0.497 e. The minimum atomic E-state index is -0.485. The van der Waals surface area contributed by atoms with Crippen LogP contribution in [0.25, 0.3) is 0 Å². The van der Waals surface area contributed by atoms with Gasteiger partial charge in [-0.25, -0.2) is 0 Å². The standard InChI is InChI=1S/C16H25NO3S/c1-19-14-5-7-15(8-6-14)20-12-13(18)10-17-11-16-4-2-3-9-21-16/h5-8,13,16-18H,2-4,9-12H2,1H3. The molecule has 4 nitrogen and oxygen atoms in total. The van der Waals surface area contributed by atoms with Crippen molar-refractivity contribution in [2.24, 2.45) is 0 Å². The molecule has 1 saturated heterocycles. The van der Waals surface area contributed by atoms with Crippen molar-refractivity contribution < 1.29 is 14.6 Å². The van der Waals surface area contributed by atoms with Gasteiger partial charge in [0, 0.05) is 18.3 Å². The van der Waals surface area contributed by atoms with Gasteiger partial charge in [0.15, 0.2) is 0 Å². The molecule has 2 N–H and O–H groups in total. The SMILES string of the molecule is COc1ccc(OCC(O)CNCC2CCCCS2)cc1. The van der Waals surface area contributed by atoms with Gasteiger partial charge in [-0.3, -0.25) is 0 Å². The van der Waals surface area contributed by atoms with Gasteiger partial charge >= 0.3 is 0 Å². The molecule has 2 unspecified atom stereocenters. The first-order valence-electron chi connectivity index (χ1n) is 7.55. The third-order valence-corrected chi connectivity index (χ3v) is 4.93. The van der Waals surface area contributed by atoms with E-state index in [2.05, 4.69) is 5.32 Å². The first kappa shape index (κ1) is 16.5. The first-order chi connectivity index (χ1) is 10.3. The average molecular weight is 311 g/mol. The number of hydrogen-bond acceptors (Lipinski definition) is 5. The molecule has 0 spiro atoms. The number of thioether (sulfide) groups is 1. The Labute approximate surface area is 131 Å². The zero-order valence-electron chi connectivity index (χ0n) is 12.6. The highest BCUT2D eigenvalue weighted by Gasteiger charge is 2.14. The highest BCUT2D eigenvalue weighted by molar-refractivity contribution is 7.99. The van der Waals surface area contributed by atoms with Gasteiger partial charge in [-0.05, 0) is 42.9 Å². The summed E-state index contributed by atoms with van der Waals surface area (Å²) in [7, 11) is 1.63. The Hall–Kier alpha value is -0.910. The molecule has 21 heavy (non-hydrogen) atoms. The van der Waals surface area contributed by atoms with Crippen LogP contribution in [-0.4, -0.2) is 49.0 Å². The van der Waals surface area contributed by atoms with Crippen LogP contribution < -0.4 is 14.8 Å². The summed E-state index contributed by atoms with van der Waals surface area (Å²) < 4.78 is 10.6. The van der Waals surface area contributed by atoms with Gasteiger partial charge in [-0.15, -0.1) is 0 Å². The Balaban J connectivity index is 1.59. The Morgan fingerprint density at radius 1 is 1.29 bits per heavy atom. The number of hydrogen-bond donors (Lipinski definition) is 2. The summed E-state index contributed by atoms with van der Waals surface area (Å²) in [5.74, 6) is 2.82. The zero-order valence-corrected chi connectivity index (χ0v) is 13.4. The topological polar surface area (TPSA) is 50.7 Å². The molecule has 2 atom stereocenters. The molecule has 2 rings (SSSR count). The lowest BCUT2D eigenvalue weighted by molar-refractivity contribution is 0.106. The van der Waals surface area contributed by atoms with E-state index in [1.165, 1.54) is 25.0 Å². The van der Waals surface area contributed by atoms with Gasteiger partial charge in [-0.2, -0.15) is 11.8 Å². The van der Waals surface area contributed by atoms with Crippen LogP contribution in [0.2, 0.25) is 0 Å². The molecule has 0 amide bonds. The van der Waals surface area contributed by atoms with E-state index in [0.717, 1.165) is 18.0 Å². The summed E-state index contributed by atoms with van der Waals surface area (Å²) in [4.78, 5) is 0. The number of benzene rings is 1. The molecule has 1 aliphatic rings. The van der Waals surface area contributed by atoms with E-state index in [0.29, 0.717) is 18.4 Å². The van der Waals surface area contributed by atoms with Crippen LogP contribution in [0.15, 0.2) is 24.3 Å². The molecule has 1 fully saturated rings. The summed E-state index contributed by atoms with van der Waals surface area (Å²) in [6.45, 7) is 1.86. The van der Waals surface area contributed by atoms with Crippen molar-refractivity contribution in [3.05, 3.63) is 24.3 Å². The van der Waals surface area contributed by atoms with Gasteiger partial charge < -0.3 is 19.9 Å². The van der Waals surface area contributed by atoms with E-state index in [-0.39, 0.29) is 0 Å². The lowest BCUT2D eigenvalue weighted by Crippen LogP contribution is -2.35. The van der Waals surface area contributed by atoms with Gasteiger partial charge in [0.1, 0.15) is 24.2 Å². The second-order valence-electron chi connectivity index (χ2n) is 5.29. The molecule has 0 saturated carbocycles. The van der Waals surface area contributed by atoms with Gasteiger partial charge in [0.2, 0.25) is 0 Å². The van der Waals surface area contributed by atoms with Crippen LogP contribution in [0.3, 0.4) is 0 Å². The van der Waals surface area contributed by atoms with Crippen LogP contribution in [0.1, 0.15) is 19.3 Å². The van der Waals surface area contributed by atoms with E-state index in [1.54, 1.807) is 7.11 Å². The Morgan fingerprint density at radius 3 is 2.71 bits per heavy atom. The number of ether oxygens (including phenoxy) is 2. The Kier molecular flexibility index (Phi) is 7.19. The zero-order chi connectivity index (χ0) is 14.9. The van der Waals surface area contributed by atoms with Crippen molar-refractivity contribution in [3.8, 4) is 11.5 Å². The van der Waals surface area contributed by atoms with Crippen LogP contribution in [0.4, 0.5) is 0 Å². The highest BCUT2D eigenvalue weighted by Crippen LogP contribution is 2.24. The third kappa shape index (κ3) is 6.16. The summed E-state index contributed by atoms with van der Waals surface area (Å²) >= 11 is 2.04. The second kappa shape index (κ2) is 9.18. The molecule has 0 bridgehead atoms. The smallest absolute Gasteiger partial charge is 0.119 e. The van der Waals surface area contributed by atoms with E-state index in [9.17, 15) is 5.11 Å². The van der Waals surface area contributed by atoms with Gasteiger partial charge in [0.25, 0.3) is 0 Å². The molecule has 0 aliphatic carbocycles. The Bertz CT molecular complexity index is 393. The van der Waals surface area contributed by atoms with Crippen molar-refractivity contribution in [2.45, 2.75) is 30.6 Å². The quantitative estimate of drug-likeness (QED) is 0.771. The normalized spacial score (nSPS) is 20.0. The molecule has 1 aromatic rings. The monoisotopic (exact) mass is 311 g/mol. The Morgan fingerprint density at radius 2 is 2.05 bits per heavy atom. The van der Waals surface area contributed by atoms with Crippen LogP contribution in [0.5, 0.6) is 11.5 Å². The summed E-state index contributed by atoms with van der Waals surface area (Å²) in [5, 5.41) is 14.0. The van der Waals surface area contributed by atoms with Gasteiger partial charge in [0.05, 0.1) is 7.11 Å². The van der Waals surface area contributed by atoms with Crippen molar-refractivity contribution in [3.63, 3.8) is 0 Å². The molecule has 1 aromatic carbocycles. The maximum Gasteiger partial charge on any atom is 0.119 e. The molecule has 1 heterocycles. The highest BCUT2D eigenvalue weighted by atomic mass is 32.2. The first-order valence-corrected chi connectivity index (χ1v) is 8.60. The average Bonchev–Trinajstić information content (AvgIpc) is 2.54. The fourth-order valence-corrected chi connectivity index (χ4v) is 3.58. The van der Waals surface area contributed by atoms with Crippen LogP contribution in [0, 0.1) is 0 Å². The molecule has 5 heteroatoms. The summed E-state index contributed by atoms with van der Waals surface area (Å²) in [5.41, 5.74) is 0. The molecular weight excluding hydrogens is 286 g/mol. The van der Waals surface area contributed by atoms with E-state index in [1.807, 2.05) is 36.0 Å². The van der Waals surface area contributed by atoms with Crippen molar-refractivity contribution in [2.75, 3.05) is 32.6 Å². The number of rotatable bonds is 8. The third-order valence-electron chi connectivity index (χ3n) is 3.53. The van der Waals surface area contributed by atoms with E-state index < -0.39 is 6.10 Å². The van der Waals surface area contributed by atoms with Gasteiger partial charge in [-0.1, -0.05) is 6.42 Å². The number of methoxy groups -OCH3 is 1. The number of nitrogens with one attached hydrogen (secondary N) is 1. The molecule has 0 aromatic heterocycles. The predicted molar refractivity (Wildman–Crippen MR) is 87.5 cm³/mol. The summed E-state index contributed by atoms with van der Waals surface area (Å²) in [6, 6.07) is 7.38. The summed E-state index contributed by atoms with van der Waals surface area (Å²) in [6.07, 6.45) is 3.48. The fourth-order valence-electron chi connectivity index (χ4n) is 2.30. The van der Waals surface area contributed by atoms with Crippen LogP contribution in [-0.2, 0) is 0 Å². The number of aliphatic hydroxyl groups is 1. The number of aliphatic hydroxyl groups excluding tert-OH is 1. The molecular formula is C16H25NO3S. The maximum absolute atomic E-state index is 9.92. The van der Waals surface area contributed by atoms with Crippen LogP contribution >= 0.6 is 11.8 Å². The van der Waals surface area contributed by atoms with Crippen molar-refractivity contribution >= 4 is 11.8 Å². The lowest BCUT2D eigenvalue weighted by atomic mass is 10.2. The second-order valence-corrected chi connectivity index (χ2v) is 6.70. The van der Waals surface area contributed by atoms with Crippen molar-refractivity contribution in [1.29, 1.82) is 0 Å². The van der Waals surface area contributed by atoms with Crippen molar-refractivity contribution in [1.82, 2.24) is 5.32 Å². The van der Waals surface area contributed by atoms with E-state index in [4.69, 9.17) is 9.47 Å². The lowest BCUT2D eigenvalue weighted by Gasteiger charge is -2.22. The van der Waals surface area contributed by atoms with E-state index >= 15 is 0 Å². The molecule has 118 valence electrons. The molecule has 0 radical (unpaired) electrons. The maximum atomic E-state index is 9.92. The minimum absolute atomic E-state index is 0.303. The molecule has 1 aliphatic heterocycles. The predicted octanol–water partition coefficient (Wildman–Crippen LogP) is 2.31. The fraction of sp³-hybridized carbons (Fsp3) is 0.625. The minimum Gasteiger partial charge on any atom is -0.497 e.